The van der Waals surface area contributed by atoms with Crippen LogP contribution in [0.1, 0.15) is 25.8 Å². The highest BCUT2D eigenvalue weighted by Crippen LogP contribution is 2.27. The number of allylic oxidation sites excluding steroid dienone is 1. The first-order valence-electron chi connectivity index (χ1n) is 5.96. The summed E-state index contributed by atoms with van der Waals surface area (Å²) in [5.74, 6) is 1.25. The second kappa shape index (κ2) is 5.21. The van der Waals surface area contributed by atoms with Gasteiger partial charge in [0, 0.05) is 5.56 Å². The quantitative estimate of drug-likeness (QED) is 0.798. The summed E-state index contributed by atoms with van der Waals surface area (Å²) in [5, 5.41) is 0. The molecule has 1 aromatic rings. The van der Waals surface area contributed by atoms with Crippen LogP contribution in [0.25, 0.3) is 5.76 Å². The standard InChI is InChI=1S/C14H17FO2/c1-3-16-14-7-5-11(8-12(14)15)13-6-4-10(2)9-17-13/h5-8,10H,3-4,9H2,1-2H3. The molecule has 3 heteroatoms. The minimum Gasteiger partial charge on any atom is -0.493 e. The molecule has 1 aliphatic rings. The lowest BCUT2D eigenvalue weighted by atomic mass is 10.0. The van der Waals surface area contributed by atoms with E-state index in [4.69, 9.17) is 9.47 Å². The first-order chi connectivity index (χ1) is 8.20. The molecule has 0 amide bonds. The van der Waals surface area contributed by atoms with E-state index in [1.807, 2.05) is 19.1 Å². The van der Waals surface area contributed by atoms with Crippen molar-refractivity contribution in [3.05, 3.63) is 35.7 Å². The molecule has 0 saturated carbocycles. The molecule has 1 aliphatic heterocycles. The lowest BCUT2D eigenvalue weighted by Crippen LogP contribution is -2.10. The van der Waals surface area contributed by atoms with Gasteiger partial charge in [0.15, 0.2) is 11.6 Å². The number of benzene rings is 1. The van der Waals surface area contributed by atoms with Crippen LogP contribution >= 0.6 is 0 Å². The highest BCUT2D eigenvalue weighted by molar-refractivity contribution is 5.61. The van der Waals surface area contributed by atoms with Gasteiger partial charge in [0.25, 0.3) is 0 Å². The minimum atomic E-state index is -0.340. The lowest BCUT2D eigenvalue weighted by Gasteiger charge is -2.20. The molecule has 0 bridgehead atoms. The van der Waals surface area contributed by atoms with E-state index < -0.39 is 0 Å². The van der Waals surface area contributed by atoms with Gasteiger partial charge in [-0.2, -0.15) is 0 Å². The van der Waals surface area contributed by atoms with Gasteiger partial charge in [0.05, 0.1) is 13.2 Å². The van der Waals surface area contributed by atoms with Crippen molar-refractivity contribution >= 4 is 5.76 Å². The Hall–Kier alpha value is -1.51. The molecule has 1 aromatic carbocycles. The van der Waals surface area contributed by atoms with E-state index in [1.54, 1.807) is 6.07 Å². The highest BCUT2D eigenvalue weighted by atomic mass is 19.1. The van der Waals surface area contributed by atoms with Crippen LogP contribution in [-0.2, 0) is 4.74 Å². The van der Waals surface area contributed by atoms with Crippen LogP contribution < -0.4 is 4.74 Å². The normalized spacial score (nSPS) is 19.5. The topological polar surface area (TPSA) is 18.5 Å². The molecule has 2 rings (SSSR count). The van der Waals surface area contributed by atoms with Crippen molar-refractivity contribution in [3.63, 3.8) is 0 Å². The molecule has 0 N–H and O–H groups in total. The van der Waals surface area contributed by atoms with Gasteiger partial charge in [-0.15, -0.1) is 0 Å². The Morgan fingerprint density at radius 1 is 1.47 bits per heavy atom. The molecule has 17 heavy (non-hydrogen) atoms. The molecule has 0 fully saturated rings. The zero-order valence-corrected chi connectivity index (χ0v) is 10.2. The maximum atomic E-state index is 13.7. The molecule has 2 nitrogen and oxygen atoms in total. The van der Waals surface area contributed by atoms with Gasteiger partial charge >= 0.3 is 0 Å². The second-order valence-corrected chi connectivity index (χ2v) is 4.30. The molecule has 92 valence electrons. The summed E-state index contributed by atoms with van der Waals surface area (Å²) >= 11 is 0. The number of halogens is 1. The van der Waals surface area contributed by atoms with E-state index in [-0.39, 0.29) is 5.82 Å². The van der Waals surface area contributed by atoms with Crippen molar-refractivity contribution in [1.82, 2.24) is 0 Å². The average Bonchev–Trinajstić information content (AvgIpc) is 2.33. The molecule has 0 spiro atoms. The molecule has 0 aliphatic carbocycles. The van der Waals surface area contributed by atoms with Crippen LogP contribution in [0.3, 0.4) is 0 Å². The second-order valence-electron chi connectivity index (χ2n) is 4.30. The number of rotatable bonds is 3. The monoisotopic (exact) mass is 236 g/mol. The summed E-state index contributed by atoms with van der Waals surface area (Å²) in [4.78, 5) is 0. The predicted molar refractivity (Wildman–Crippen MR) is 65.3 cm³/mol. The zero-order chi connectivity index (χ0) is 12.3. The largest absolute Gasteiger partial charge is 0.493 e. The fourth-order valence-electron chi connectivity index (χ4n) is 1.80. The van der Waals surface area contributed by atoms with E-state index in [2.05, 4.69) is 6.92 Å². The van der Waals surface area contributed by atoms with E-state index in [0.29, 0.717) is 24.9 Å². The van der Waals surface area contributed by atoms with Crippen LogP contribution in [0.15, 0.2) is 24.3 Å². The van der Waals surface area contributed by atoms with Gasteiger partial charge in [0.2, 0.25) is 0 Å². The van der Waals surface area contributed by atoms with Gasteiger partial charge in [-0.1, -0.05) is 6.92 Å². The maximum absolute atomic E-state index is 13.7. The Morgan fingerprint density at radius 2 is 2.29 bits per heavy atom. The van der Waals surface area contributed by atoms with Crippen molar-refractivity contribution in [1.29, 1.82) is 0 Å². The average molecular weight is 236 g/mol. The molecule has 0 radical (unpaired) electrons. The zero-order valence-electron chi connectivity index (χ0n) is 10.2. The van der Waals surface area contributed by atoms with Gasteiger partial charge < -0.3 is 9.47 Å². The third-order valence-electron chi connectivity index (χ3n) is 2.75. The first-order valence-corrected chi connectivity index (χ1v) is 5.96. The Labute approximate surface area is 101 Å². The molecule has 1 atom stereocenters. The Bertz CT molecular complexity index is 426. The van der Waals surface area contributed by atoms with E-state index in [0.717, 1.165) is 17.7 Å². The smallest absolute Gasteiger partial charge is 0.165 e. The lowest BCUT2D eigenvalue weighted by molar-refractivity contribution is 0.210. The fraction of sp³-hybridized carbons (Fsp3) is 0.429. The Kier molecular flexibility index (Phi) is 3.67. The van der Waals surface area contributed by atoms with Gasteiger partial charge in [-0.25, -0.2) is 4.39 Å². The summed E-state index contributed by atoms with van der Waals surface area (Å²) in [6, 6.07) is 4.94. The van der Waals surface area contributed by atoms with Crippen molar-refractivity contribution < 1.29 is 13.9 Å². The summed E-state index contributed by atoms with van der Waals surface area (Å²) in [7, 11) is 0. The first kappa shape index (κ1) is 12.0. The molecule has 1 heterocycles. The van der Waals surface area contributed by atoms with Crippen molar-refractivity contribution in [2.24, 2.45) is 5.92 Å². The number of hydrogen-bond acceptors (Lipinski definition) is 2. The summed E-state index contributed by atoms with van der Waals surface area (Å²) in [5.41, 5.74) is 0.776. The van der Waals surface area contributed by atoms with Crippen molar-refractivity contribution in [3.8, 4) is 5.75 Å². The minimum absolute atomic E-state index is 0.293. The van der Waals surface area contributed by atoms with Crippen LogP contribution in [0.2, 0.25) is 0 Å². The SMILES string of the molecule is CCOc1ccc(C2=CCC(C)CO2)cc1F. The summed E-state index contributed by atoms with van der Waals surface area (Å²) < 4.78 is 24.4. The Morgan fingerprint density at radius 3 is 2.88 bits per heavy atom. The highest BCUT2D eigenvalue weighted by Gasteiger charge is 2.14. The number of ether oxygens (including phenoxy) is 2. The Balaban J connectivity index is 2.20. The molecule has 0 saturated heterocycles. The van der Waals surface area contributed by atoms with Crippen LogP contribution in [0.4, 0.5) is 4.39 Å². The third kappa shape index (κ3) is 2.78. The van der Waals surface area contributed by atoms with Gasteiger partial charge in [-0.3, -0.25) is 0 Å². The summed E-state index contributed by atoms with van der Waals surface area (Å²) in [6.07, 6.45) is 2.99. The van der Waals surface area contributed by atoms with Crippen LogP contribution in [0.5, 0.6) is 5.75 Å². The van der Waals surface area contributed by atoms with Crippen LogP contribution in [0, 0.1) is 11.7 Å². The van der Waals surface area contributed by atoms with Crippen LogP contribution in [-0.4, -0.2) is 13.2 Å². The van der Waals surface area contributed by atoms with Gasteiger partial charge in [-0.05, 0) is 43.5 Å². The summed E-state index contributed by atoms with van der Waals surface area (Å²) in [6.45, 7) is 5.13. The fourth-order valence-corrected chi connectivity index (χ4v) is 1.80. The molecular formula is C14H17FO2. The predicted octanol–water partition coefficient (Wildman–Crippen LogP) is 3.62. The maximum Gasteiger partial charge on any atom is 0.165 e. The molecule has 1 unspecified atom stereocenters. The third-order valence-corrected chi connectivity index (χ3v) is 2.75. The van der Waals surface area contributed by atoms with Crippen molar-refractivity contribution in [2.75, 3.05) is 13.2 Å². The van der Waals surface area contributed by atoms with E-state index >= 15 is 0 Å². The van der Waals surface area contributed by atoms with E-state index in [1.165, 1.54) is 6.07 Å². The molecule has 0 aromatic heterocycles. The number of hydrogen-bond donors (Lipinski definition) is 0. The molecular weight excluding hydrogens is 219 g/mol. The van der Waals surface area contributed by atoms with E-state index in [9.17, 15) is 4.39 Å². The van der Waals surface area contributed by atoms with Gasteiger partial charge in [0.1, 0.15) is 5.76 Å². The van der Waals surface area contributed by atoms with Crippen molar-refractivity contribution in [2.45, 2.75) is 20.3 Å².